The van der Waals surface area contributed by atoms with E-state index in [-0.39, 0.29) is 31.4 Å². The predicted molar refractivity (Wildman–Crippen MR) is 131 cm³/mol. The van der Waals surface area contributed by atoms with Gasteiger partial charge in [-0.05, 0) is 44.4 Å². The number of nitrogens with one attached hydrogen (secondary N) is 1. The molecule has 9 nitrogen and oxygen atoms in total. The maximum Gasteiger partial charge on any atom is 0.336 e. The lowest BCUT2D eigenvalue weighted by Crippen LogP contribution is -2.56. The first-order valence-electron chi connectivity index (χ1n) is 11.6. The molecule has 4 atom stereocenters. The number of benzene rings is 1. The largest absolute Gasteiger partial charge is 0.464 e. The molecule has 1 fully saturated rings. The van der Waals surface area contributed by atoms with Crippen LogP contribution in [0, 0.1) is 12.8 Å². The number of carbonyl (C=O) groups is 3. The molecule has 35 heavy (non-hydrogen) atoms. The summed E-state index contributed by atoms with van der Waals surface area (Å²) in [7, 11) is 0. The van der Waals surface area contributed by atoms with E-state index in [2.05, 4.69) is 26.4 Å². The summed E-state index contributed by atoms with van der Waals surface area (Å²) in [5.74, 6) is -1.90. The maximum absolute atomic E-state index is 13.6. The third-order valence-electron chi connectivity index (χ3n) is 6.23. The Hall–Kier alpha value is -2.72. The van der Waals surface area contributed by atoms with Gasteiger partial charge in [-0.2, -0.15) is 0 Å². The molecule has 1 unspecified atom stereocenters. The van der Waals surface area contributed by atoms with Crippen LogP contribution in [-0.4, -0.2) is 58.2 Å². The number of esters is 1. The number of aliphatic hydroxyl groups excluding tert-OH is 1. The minimum absolute atomic E-state index is 0.00165. The number of halogens is 1. The second-order valence-corrected chi connectivity index (χ2v) is 10.2. The van der Waals surface area contributed by atoms with Crippen LogP contribution in [0.15, 0.2) is 39.3 Å². The van der Waals surface area contributed by atoms with Crippen molar-refractivity contribution in [3.63, 3.8) is 0 Å². The lowest BCUT2D eigenvalue weighted by molar-refractivity contribution is -0.154. The first kappa shape index (κ1) is 26.9. The zero-order valence-electron chi connectivity index (χ0n) is 20.6. The topological polar surface area (TPSA) is 122 Å². The van der Waals surface area contributed by atoms with E-state index in [0.29, 0.717) is 17.0 Å². The number of aromatic nitrogens is 1. The highest BCUT2D eigenvalue weighted by atomic mass is 79.9. The van der Waals surface area contributed by atoms with E-state index in [0.717, 1.165) is 4.47 Å². The highest BCUT2D eigenvalue weighted by Gasteiger charge is 2.46. The fourth-order valence-electron chi connectivity index (χ4n) is 4.38. The Kier molecular flexibility index (Phi) is 8.38. The normalized spacial score (nSPS) is 20.4. The molecule has 2 amide bonds. The predicted octanol–water partition coefficient (Wildman–Crippen LogP) is 3.04. The molecule has 10 heteroatoms. The van der Waals surface area contributed by atoms with Crippen molar-refractivity contribution in [3.8, 4) is 0 Å². The van der Waals surface area contributed by atoms with Crippen LogP contribution < -0.4 is 5.32 Å². The lowest BCUT2D eigenvalue weighted by atomic mass is 9.90. The van der Waals surface area contributed by atoms with Crippen LogP contribution >= 0.6 is 15.9 Å². The van der Waals surface area contributed by atoms with E-state index >= 15 is 0 Å². The average molecular weight is 550 g/mol. The Morgan fingerprint density at radius 3 is 2.51 bits per heavy atom. The van der Waals surface area contributed by atoms with E-state index in [4.69, 9.17) is 9.26 Å². The highest BCUT2D eigenvalue weighted by Crippen LogP contribution is 2.32. The summed E-state index contributed by atoms with van der Waals surface area (Å²) in [5, 5.41) is 17.1. The van der Waals surface area contributed by atoms with E-state index in [1.54, 1.807) is 51.1 Å². The van der Waals surface area contributed by atoms with Crippen LogP contribution in [0.5, 0.6) is 0 Å². The van der Waals surface area contributed by atoms with Gasteiger partial charge in [-0.25, -0.2) is 4.79 Å². The number of hydrogen-bond donors (Lipinski definition) is 2. The molecule has 190 valence electrons. The average Bonchev–Trinajstić information content (AvgIpc) is 3.39. The van der Waals surface area contributed by atoms with Gasteiger partial charge >= 0.3 is 5.97 Å². The van der Waals surface area contributed by atoms with E-state index < -0.39 is 35.5 Å². The SMILES string of the molecule is CCOC(=O)C(C)(NC(=O)[C@@H]1C[C@@H](O)CN1C(=O)[C@@H](c1cc(C)no1)C(C)C)c1ccc(Br)cc1. The van der Waals surface area contributed by atoms with Gasteiger partial charge in [0.2, 0.25) is 11.8 Å². The molecule has 0 aliphatic carbocycles. The molecule has 0 bridgehead atoms. The van der Waals surface area contributed by atoms with Gasteiger partial charge in [0, 0.05) is 23.5 Å². The van der Waals surface area contributed by atoms with Crippen LogP contribution in [0.1, 0.15) is 57.1 Å². The van der Waals surface area contributed by atoms with E-state index in [9.17, 15) is 19.5 Å². The monoisotopic (exact) mass is 549 g/mol. The summed E-state index contributed by atoms with van der Waals surface area (Å²) >= 11 is 3.37. The fourth-order valence-corrected chi connectivity index (χ4v) is 4.64. The fraction of sp³-hybridized carbons (Fsp3) is 0.520. The van der Waals surface area contributed by atoms with Gasteiger partial charge in [0.25, 0.3) is 0 Å². The Balaban J connectivity index is 1.91. The summed E-state index contributed by atoms with van der Waals surface area (Å²) in [5.41, 5.74) is -0.315. The molecule has 1 aliphatic rings. The Bertz CT molecular complexity index is 1070. The Morgan fingerprint density at radius 2 is 1.97 bits per heavy atom. The number of aryl methyl sites for hydroxylation is 1. The van der Waals surface area contributed by atoms with Crippen LogP contribution in [0.4, 0.5) is 0 Å². The summed E-state index contributed by atoms with van der Waals surface area (Å²) in [6.45, 7) is 8.93. The molecule has 2 heterocycles. The molecule has 3 rings (SSSR count). The lowest BCUT2D eigenvalue weighted by Gasteiger charge is -2.33. The van der Waals surface area contributed by atoms with E-state index in [1.165, 1.54) is 4.90 Å². The highest BCUT2D eigenvalue weighted by molar-refractivity contribution is 9.10. The van der Waals surface area contributed by atoms with Crippen molar-refractivity contribution in [2.24, 2.45) is 5.92 Å². The first-order valence-corrected chi connectivity index (χ1v) is 12.4. The molecule has 1 aromatic carbocycles. The number of ether oxygens (including phenoxy) is 1. The number of nitrogens with zero attached hydrogens (tertiary/aromatic N) is 2. The third kappa shape index (κ3) is 5.75. The van der Waals surface area contributed by atoms with E-state index in [1.807, 2.05) is 13.8 Å². The van der Waals surface area contributed by atoms with Crippen LogP contribution in [0.25, 0.3) is 0 Å². The van der Waals surface area contributed by atoms with Crippen LogP contribution in [-0.2, 0) is 24.7 Å². The smallest absolute Gasteiger partial charge is 0.336 e. The minimum atomic E-state index is -1.49. The molecule has 2 N–H and O–H groups in total. The van der Waals surface area contributed by atoms with Gasteiger partial charge in [-0.3, -0.25) is 9.59 Å². The zero-order valence-corrected chi connectivity index (χ0v) is 22.2. The van der Waals surface area contributed by atoms with Crippen molar-refractivity contribution in [3.05, 3.63) is 51.8 Å². The van der Waals surface area contributed by atoms with Crippen molar-refractivity contribution in [2.45, 2.75) is 64.6 Å². The second-order valence-electron chi connectivity index (χ2n) is 9.33. The van der Waals surface area contributed by atoms with Gasteiger partial charge in [-0.1, -0.05) is 47.1 Å². The standard InChI is InChI=1S/C25H32BrN3O6/c1-6-34-24(33)25(5,16-7-9-17(26)10-8-16)27-22(31)19-12-18(30)13-29(19)23(32)21(14(2)3)20-11-15(4)28-35-20/h7-11,14,18-19,21,30H,6,12-13H2,1-5H3,(H,27,31)/t18-,19+,21-,25?/m1/s1. The molecule has 1 aromatic heterocycles. The van der Waals surface area contributed by atoms with Gasteiger partial charge in [-0.15, -0.1) is 0 Å². The zero-order chi connectivity index (χ0) is 25.9. The molecule has 0 radical (unpaired) electrons. The first-order chi connectivity index (χ1) is 16.5. The summed E-state index contributed by atoms with van der Waals surface area (Å²) < 4.78 is 11.5. The number of β-amino-alcohol motifs (C(OH)–C–C–N with tert-alkyl or cyclic N) is 1. The van der Waals surface area contributed by atoms with Gasteiger partial charge in [0.15, 0.2) is 5.54 Å². The summed E-state index contributed by atoms with van der Waals surface area (Å²) in [4.78, 5) is 41.5. The van der Waals surface area contributed by atoms with Crippen molar-refractivity contribution >= 4 is 33.7 Å². The molecule has 0 spiro atoms. The van der Waals surface area contributed by atoms with Gasteiger partial charge < -0.3 is 24.6 Å². The second kappa shape index (κ2) is 10.9. The van der Waals surface area contributed by atoms with Crippen molar-refractivity contribution in [1.29, 1.82) is 0 Å². The van der Waals surface area contributed by atoms with Crippen LogP contribution in [0.2, 0.25) is 0 Å². The minimum Gasteiger partial charge on any atom is -0.464 e. The molecule has 1 saturated heterocycles. The van der Waals surface area contributed by atoms with Crippen molar-refractivity contribution in [1.82, 2.24) is 15.4 Å². The molecule has 2 aromatic rings. The van der Waals surface area contributed by atoms with Crippen molar-refractivity contribution in [2.75, 3.05) is 13.2 Å². The molecular formula is C25H32BrN3O6. The molecule has 1 aliphatic heterocycles. The third-order valence-corrected chi connectivity index (χ3v) is 6.76. The maximum atomic E-state index is 13.6. The Morgan fingerprint density at radius 1 is 1.31 bits per heavy atom. The van der Waals surface area contributed by atoms with Crippen molar-refractivity contribution < 1.29 is 28.8 Å². The quantitative estimate of drug-likeness (QED) is 0.485. The number of carbonyl (C=O) groups excluding carboxylic acids is 3. The van der Waals surface area contributed by atoms with Gasteiger partial charge in [0.05, 0.1) is 18.4 Å². The van der Waals surface area contributed by atoms with Crippen LogP contribution in [0.3, 0.4) is 0 Å². The van der Waals surface area contributed by atoms with Gasteiger partial charge in [0.1, 0.15) is 17.7 Å². The number of aliphatic hydroxyl groups is 1. The number of hydrogen-bond acceptors (Lipinski definition) is 7. The number of likely N-dealkylation sites (tertiary alicyclic amines) is 1. The Labute approximate surface area is 213 Å². The number of rotatable bonds is 8. The summed E-state index contributed by atoms with van der Waals surface area (Å²) in [6.07, 6.45) is -0.822. The summed E-state index contributed by atoms with van der Waals surface area (Å²) in [6, 6.07) is 7.70. The number of amides is 2. The molecular weight excluding hydrogens is 518 g/mol. The molecule has 0 saturated carbocycles.